The molecule has 7 heteroatoms. The molecule has 1 aliphatic rings. The molecule has 120 valence electrons. The summed E-state index contributed by atoms with van der Waals surface area (Å²) in [6.07, 6.45) is 0.610. The molecule has 0 saturated carbocycles. The number of methoxy groups -OCH3 is 1. The minimum absolute atomic E-state index is 0.0862. The molecule has 23 heavy (non-hydrogen) atoms. The minimum Gasteiger partial charge on any atom is -0.496 e. The highest BCUT2D eigenvalue weighted by Crippen LogP contribution is 2.34. The molecule has 1 aromatic carbocycles. The van der Waals surface area contributed by atoms with Gasteiger partial charge in [0.15, 0.2) is 5.69 Å². The molecule has 1 unspecified atom stereocenters. The number of aliphatic carboxylic acids is 1. The van der Waals surface area contributed by atoms with Gasteiger partial charge in [0.1, 0.15) is 11.6 Å². The molecule has 0 fully saturated rings. The molecular weight excluding hydrogens is 300 g/mol. The maximum atomic E-state index is 11.5. The number of para-hydroxylation sites is 1. The molecule has 0 aliphatic carbocycles. The van der Waals surface area contributed by atoms with Crippen LogP contribution in [0.5, 0.6) is 5.75 Å². The van der Waals surface area contributed by atoms with Crippen LogP contribution in [0.2, 0.25) is 0 Å². The second kappa shape index (κ2) is 5.75. The summed E-state index contributed by atoms with van der Waals surface area (Å²) in [5.41, 5.74) is 1.06. The molecule has 0 amide bonds. The van der Waals surface area contributed by atoms with E-state index in [2.05, 4.69) is 4.98 Å². The van der Waals surface area contributed by atoms with Crippen molar-refractivity contribution in [2.24, 2.45) is 5.92 Å². The molecule has 1 aromatic heterocycles. The zero-order valence-electron chi connectivity index (χ0n) is 12.5. The van der Waals surface area contributed by atoms with E-state index in [1.54, 1.807) is 10.6 Å². The lowest BCUT2D eigenvalue weighted by molar-refractivity contribution is -0.142. The Labute approximate surface area is 132 Å². The molecular formula is C16H16N2O5. The van der Waals surface area contributed by atoms with Crippen LogP contribution in [-0.4, -0.2) is 38.8 Å². The number of rotatable bonds is 4. The maximum Gasteiger partial charge on any atom is 0.356 e. The number of nitrogens with zero attached hydrogens (tertiary/aromatic N) is 2. The quantitative estimate of drug-likeness (QED) is 0.893. The van der Waals surface area contributed by atoms with Crippen LogP contribution in [-0.2, 0) is 17.8 Å². The van der Waals surface area contributed by atoms with Gasteiger partial charge in [-0.05, 0) is 18.6 Å². The lowest BCUT2D eigenvalue weighted by Crippen LogP contribution is -2.26. The van der Waals surface area contributed by atoms with E-state index in [1.165, 1.54) is 7.11 Å². The summed E-state index contributed by atoms with van der Waals surface area (Å²) in [6.45, 7) is 0.417. The average Bonchev–Trinajstić information content (AvgIpc) is 2.93. The normalized spacial score (nSPS) is 16.7. The molecule has 2 heterocycles. The third-order valence-corrected chi connectivity index (χ3v) is 4.11. The molecule has 0 saturated heterocycles. The Hall–Kier alpha value is -2.83. The van der Waals surface area contributed by atoms with Crippen LogP contribution in [0.3, 0.4) is 0 Å². The highest BCUT2D eigenvalue weighted by atomic mass is 16.5. The molecule has 3 rings (SSSR count). The number of hydrogen-bond acceptors (Lipinski definition) is 4. The van der Waals surface area contributed by atoms with Crippen LogP contribution in [0.25, 0.3) is 11.4 Å². The number of carbonyl (C=O) groups is 2. The number of carboxylic acid groups (broad SMARTS) is 2. The molecule has 1 aliphatic heterocycles. The second-order valence-corrected chi connectivity index (χ2v) is 5.42. The summed E-state index contributed by atoms with van der Waals surface area (Å²) in [5.74, 6) is -1.55. The molecule has 0 spiro atoms. The van der Waals surface area contributed by atoms with Crippen LogP contribution < -0.4 is 4.74 Å². The van der Waals surface area contributed by atoms with E-state index < -0.39 is 17.9 Å². The SMILES string of the molecule is COc1ccccc1-c1nc(C(=O)O)c2n1CCC(C(=O)O)C2. The van der Waals surface area contributed by atoms with Gasteiger partial charge in [-0.2, -0.15) is 0 Å². The summed E-state index contributed by atoms with van der Waals surface area (Å²) in [5, 5.41) is 18.6. The van der Waals surface area contributed by atoms with Gasteiger partial charge in [-0.1, -0.05) is 12.1 Å². The molecule has 0 bridgehead atoms. The topological polar surface area (TPSA) is 102 Å². The zero-order chi connectivity index (χ0) is 16.6. The lowest BCUT2D eigenvalue weighted by atomic mass is 9.95. The fourth-order valence-electron chi connectivity index (χ4n) is 2.97. The predicted molar refractivity (Wildman–Crippen MR) is 80.6 cm³/mol. The van der Waals surface area contributed by atoms with Crippen LogP contribution in [0, 0.1) is 5.92 Å². The van der Waals surface area contributed by atoms with Gasteiger partial charge in [-0.3, -0.25) is 4.79 Å². The molecule has 2 N–H and O–H groups in total. The Morgan fingerprint density at radius 2 is 2.04 bits per heavy atom. The largest absolute Gasteiger partial charge is 0.496 e. The number of hydrogen-bond donors (Lipinski definition) is 2. The first-order chi connectivity index (χ1) is 11.0. The van der Waals surface area contributed by atoms with Crippen molar-refractivity contribution in [1.82, 2.24) is 9.55 Å². The molecule has 7 nitrogen and oxygen atoms in total. The number of imidazole rings is 1. The molecule has 1 atom stereocenters. The highest BCUT2D eigenvalue weighted by Gasteiger charge is 2.32. The standard InChI is InChI=1S/C16H16N2O5/c1-23-12-5-3-2-4-10(12)14-17-13(16(21)22)11-8-9(15(19)20)6-7-18(11)14/h2-5,9H,6-8H2,1H3,(H,19,20)(H,21,22). The van der Waals surface area contributed by atoms with Gasteiger partial charge in [0.25, 0.3) is 0 Å². The van der Waals surface area contributed by atoms with E-state index in [9.17, 15) is 19.8 Å². The van der Waals surface area contributed by atoms with Crippen molar-refractivity contribution < 1.29 is 24.5 Å². The van der Waals surface area contributed by atoms with E-state index in [0.29, 0.717) is 35.8 Å². The van der Waals surface area contributed by atoms with Crippen molar-refractivity contribution in [3.05, 3.63) is 35.7 Å². The fraction of sp³-hybridized carbons (Fsp3) is 0.312. The molecule has 0 radical (unpaired) electrons. The summed E-state index contributed by atoms with van der Waals surface area (Å²) >= 11 is 0. The first-order valence-corrected chi connectivity index (χ1v) is 7.21. The van der Waals surface area contributed by atoms with Crippen LogP contribution in [0.1, 0.15) is 22.6 Å². The summed E-state index contributed by atoms with van der Waals surface area (Å²) in [6, 6.07) is 7.23. The van der Waals surface area contributed by atoms with Crippen molar-refractivity contribution >= 4 is 11.9 Å². The van der Waals surface area contributed by atoms with Crippen LogP contribution in [0.15, 0.2) is 24.3 Å². The summed E-state index contributed by atoms with van der Waals surface area (Å²) in [7, 11) is 1.54. The predicted octanol–water partition coefficient (Wildman–Crippen LogP) is 1.90. The average molecular weight is 316 g/mol. The highest BCUT2D eigenvalue weighted by molar-refractivity contribution is 5.88. The Bertz CT molecular complexity index is 781. The van der Waals surface area contributed by atoms with Gasteiger partial charge in [-0.25, -0.2) is 9.78 Å². The Kier molecular flexibility index (Phi) is 3.77. The Morgan fingerprint density at radius 3 is 2.70 bits per heavy atom. The van der Waals surface area contributed by atoms with Crippen molar-refractivity contribution in [3.8, 4) is 17.1 Å². The first kappa shape index (κ1) is 15.1. The van der Waals surface area contributed by atoms with Gasteiger partial charge in [-0.15, -0.1) is 0 Å². The van der Waals surface area contributed by atoms with Crippen molar-refractivity contribution in [3.63, 3.8) is 0 Å². The van der Waals surface area contributed by atoms with Crippen LogP contribution in [0.4, 0.5) is 0 Å². The van der Waals surface area contributed by atoms with Crippen molar-refractivity contribution in [2.75, 3.05) is 7.11 Å². The van der Waals surface area contributed by atoms with Gasteiger partial charge in [0.2, 0.25) is 0 Å². The van der Waals surface area contributed by atoms with Crippen molar-refractivity contribution in [2.45, 2.75) is 19.4 Å². The van der Waals surface area contributed by atoms with Crippen molar-refractivity contribution in [1.29, 1.82) is 0 Å². The Balaban J connectivity index is 2.16. The third-order valence-electron chi connectivity index (χ3n) is 4.11. The van der Waals surface area contributed by atoms with Gasteiger partial charge in [0, 0.05) is 13.0 Å². The summed E-state index contributed by atoms with van der Waals surface area (Å²) < 4.78 is 7.12. The number of aromatic nitrogens is 2. The Morgan fingerprint density at radius 1 is 1.30 bits per heavy atom. The maximum absolute atomic E-state index is 11.5. The van der Waals surface area contributed by atoms with E-state index in [4.69, 9.17) is 4.74 Å². The van der Waals surface area contributed by atoms with Gasteiger partial charge >= 0.3 is 11.9 Å². The smallest absolute Gasteiger partial charge is 0.356 e. The van der Waals surface area contributed by atoms with Gasteiger partial charge < -0.3 is 19.5 Å². The number of ether oxygens (including phenoxy) is 1. The zero-order valence-corrected chi connectivity index (χ0v) is 12.5. The number of fused-ring (bicyclic) bond motifs is 1. The lowest BCUT2D eigenvalue weighted by Gasteiger charge is -2.22. The first-order valence-electron chi connectivity index (χ1n) is 7.21. The van der Waals surface area contributed by atoms with Gasteiger partial charge in [0.05, 0.1) is 24.3 Å². The van der Waals surface area contributed by atoms with E-state index in [0.717, 1.165) is 0 Å². The van der Waals surface area contributed by atoms with E-state index in [1.807, 2.05) is 18.2 Å². The van der Waals surface area contributed by atoms with Crippen LogP contribution >= 0.6 is 0 Å². The second-order valence-electron chi connectivity index (χ2n) is 5.42. The van der Waals surface area contributed by atoms with E-state index >= 15 is 0 Å². The number of aromatic carboxylic acids is 1. The monoisotopic (exact) mass is 316 g/mol. The van der Waals surface area contributed by atoms with E-state index in [-0.39, 0.29) is 12.1 Å². The number of carboxylic acids is 2. The summed E-state index contributed by atoms with van der Waals surface area (Å²) in [4.78, 5) is 27.0. The molecule has 2 aromatic rings. The number of benzene rings is 1. The minimum atomic E-state index is -1.15. The third kappa shape index (κ3) is 2.54. The fourth-order valence-corrected chi connectivity index (χ4v) is 2.97.